The van der Waals surface area contributed by atoms with Crippen LogP contribution in [0.3, 0.4) is 0 Å². The molecule has 0 radical (unpaired) electrons. The Labute approximate surface area is 329 Å². The van der Waals surface area contributed by atoms with Gasteiger partial charge in [-0.05, 0) is 77.1 Å². The summed E-state index contributed by atoms with van der Waals surface area (Å²) >= 11 is 11.3. The molecule has 0 saturated carbocycles. The van der Waals surface area contributed by atoms with Crippen molar-refractivity contribution in [3.63, 3.8) is 0 Å². The molecular formula is C25H18Cl2N10O15S5. The van der Waals surface area contributed by atoms with Gasteiger partial charge in [-0.1, -0.05) is 6.07 Å². The number of fused-ring (bicyclic) bond motifs is 1. The zero-order chi connectivity index (χ0) is 42.5. The summed E-state index contributed by atoms with van der Waals surface area (Å²) in [6, 6.07) is 7.23. The van der Waals surface area contributed by atoms with Crippen molar-refractivity contribution in [1.82, 2.24) is 15.0 Å². The number of halogens is 2. The second kappa shape index (κ2) is 15.2. The summed E-state index contributed by atoms with van der Waals surface area (Å²) < 4.78 is 165. The number of nitrogens with one attached hydrogen (secondary N) is 2. The molecule has 0 saturated heterocycles. The van der Waals surface area contributed by atoms with Gasteiger partial charge in [-0.15, -0.1) is 15.3 Å². The highest BCUT2D eigenvalue weighted by Crippen LogP contribution is 2.48. The predicted molar refractivity (Wildman–Crippen MR) is 197 cm³/mol. The van der Waals surface area contributed by atoms with E-state index in [4.69, 9.17) is 28.9 Å². The van der Waals surface area contributed by atoms with E-state index in [1.807, 2.05) is 4.72 Å². The van der Waals surface area contributed by atoms with Gasteiger partial charge in [-0.3, -0.25) is 22.9 Å². The average Bonchev–Trinajstić information content (AvgIpc) is 3.04. The molecule has 57 heavy (non-hydrogen) atoms. The van der Waals surface area contributed by atoms with E-state index in [1.165, 1.54) is 18.2 Å². The smallest absolute Gasteiger partial charge is 0.323 e. The van der Waals surface area contributed by atoms with Crippen LogP contribution in [0.2, 0.25) is 10.6 Å². The van der Waals surface area contributed by atoms with Crippen molar-refractivity contribution in [2.24, 2.45) is 20.5 Å². The average molecular weight is 930 g/mol. The molecule has 1 heterocycles. The summed E-state index contributed by atoms with van der Waals surface area (Å²) in [5.74, 6) is -1.79. The largest absolute Gasteiger partial charge is 0.505 e. The quantitative estimate of drug-likeness (QED) is 0.0493. The number of hydrogen-bond donors (Lipinski definition) is 8. The fourth-order valence-electron chi connectivity index (χ4n) is 4.57. The van der Waals surface area contributed by atoms with Crippen LogP contribution in [0.1, 0.15) is 0 Å². The van der Waals surface area contributed by atoms with Crippen LogP contribution < -0.4 is 15.2 Å². The topological polar surface area (TPSA) is 410 Å². The molecule has 0 atom stereocenters. The molecule has 0 amide bonds. The van der Waals surface area contributed by atoms with Crippen molar-refractivity contribution in [2.75, 3.05) is 15.2 Å². The van der Waals surface area contributed by atoms with Crippen LogP contribution in [0, 0.1) is 0 Å². The second-order valence-corrected chi connectivity index (χ2v) is 18.4. The summed E-state index contributed by atoms with van der Waals surface area (Å²) in [7, 11) is -25.5. The Morgan fingerprint density at radius 2 is 1.18 bits per heavy atom. The molecule has 9 N–H and O–H groups in total. The van der Waals surface area contributed by atoms with Crippen LogP contribution in [-0.4, -0.2) is 80.4 Å². The fraction of sp³-hybridized carbons (Fsp3) is 0. The van der Waals surface area contributed by atoms with Gasteiger partial charge >= 0.3 is 10.2 Å². The summed E-state index contributed by atoms with van der Waals surface area (Å²) in [6.07, 6.45) is 0. The van der Waals surface area contributed by atoms with Crippen LogP contribution >= 0.6 is 23.2 Å². The van der Waals surface area contributed by atoms with Crippen molar-refractivity contribution < 1.29 is 65.4 Å². The molecule has 32 heteroatoms. The molecular weight excluding hydrogens is 912 g/mol. The third kappa shape index (κ3) is 10.0. The minimum atomic E-state index is -5.43. The van der Waals surface area contributed by atoms with Gasteiger partial charge in [0.15, 0.2) is 5.75 Å². The van der Waals surface area contributed by atoms with E-state index in [0.29, 0.717) is 30.3 Å². The van der Waals surface area contributed by atoms with Gasteiger partial charge in [0.25, 0.3) is 40.5 Å². The van der Waals surface area contributed by atoms with Crippen molar-refractivity contribution in [2.45, 2.75) is 19.6 Å². The summed E-state index contributed by atoms with van der Waals surface area (Å²) in [5, 5.41) is 23.5. The Kier molecular flexibility index (Phi) is 11.5. The summed E-state index contributed by atoms with van der Waals surface area (Å²) in [6.45, 7) is 0. The van der Waals surface area contributed by atoms with Gasteiger partial charge in [0.05, 0.1) is 27.3 Å². The highest BCUT2D eigenvalue weighted by Gasteiger charge is 2.29. The van der Waals surface area contributed by atoms with Gasteiger partial charge in [0.1, 0.15) is 31.7 Å². The van der Waals surface area contributed by atoms with Crippen LogP contribution in [0.15, 0.2) is 94.6 Å². The van der Waals surface area contributed by atoms with Crippen molar-refractivity contribution in [1.29, 1.82) is 0 Å². The predicted octanol–water partition coefficient (Wildman–Crippen LogP) is 4.21. The number of anilines is 3. The number of hydrogen-bond acceptors (Lipinski definition) is 19. The first kappa shape index (κ1) is 42.9. The zero-order valence-corrected chi connectivity index (χ0v) is 32.6. The van der Waals surface area contributed by atoms with Crippen LogP contribution in [0.4, 0.5) is 40.1 Å². The van der Waals surface area contributed by atoms with E-state index in [1.54, 1.807) is 0 Å². The maximum atomic E-state index is 12.7. The number of aromatic nitrogens is 3. The molecule has 0 fully saturated rings. The van der Waals surface area contributed by atoms with E-state index in [0.717, 1.165) is 6.07 Å². The Morgan fingerprint density at radius 1 is 0.614 bits per heavy atom. The van der Waals surface area contributed by atoms with E-state index in [2.05, 4.69) is 40.1 Å². The second-order valence-electron chi connectivity index (χ2n) is 10.7. The molecule has 25 nitrogen and oxygen atoms in total. The lowest BCUT2D eigenvalue weighted by atomic mass is 10.1. The molecule has 0 spiro atoms. The molecule has 0 bridgehead atoms. The van der Waals surface area contributed by atoms with E-state index in [-0.39, 0.29) is 11.4 Å². The minimum Gasteiger partial charge on any atom is -0.505 e. The van der Waals surface area contributed by atoms with Crippen LogP contribution in [0.5, 0.6) is 5.75 Å². The van der Waals surface area contributed by atoms with E-state index in [9.17, 15) is 65.4 Å². The molecule has 0 aliphatic heterocycles. The number of aromatic hydroxyl groups is 1. The maximum Gasteiger partial charge on any atom is 0.323 e. The number of rotatable bonds is 12. The lowest BCUT2D eigenvalue weighted by Gasteiger charge is -2.14. The van der Waals surface area contributed by atoms with Crippen molar-refractivity contribution in [3.05, 3.63) is 65.2 Å². The number of nitrogens with zero attached hydrogens (tertiary/aromatic N) is 7. The third-order valence-corrected chi connectivity index (χ3v) is 11.6. The first-order valence-corrected chi connectivity index (χ1v) is 22.1. The Bertz CT molecular complexity index is 3130. The van der Waals surface area contributed by atoms with Gasteiger partial charge in [-0.2, -0.15) is 62.2 Å². The molecule has 4 aromatic carbocycles. The molecule has 5 rings (SSSR count). The number of nitrogens with two attached hydrogens (primary N) is 1. The number of benzene rings is 4. The molecule has 0 unspecified atom stereocenters. The fourth-order valence-corrected chi connectivity index (χ4v) is 8.19. The Morgan fingerprint density at radius 3 is 1.74 bits per heavy atom. The number of nitrogen functional groups attached to an aromatic ring is 1. The standard InChI is InChI=1S/C25H18Cl2N10O15S5/c26-23-29-24(27)31-25(30-23)37-57(51,52)36-12-3-1-2-11(8-12)32-35-21-17(56(48,49)50)7-10-6-16(55(45,46)47)20(19(28)18(10)22(21)38)34-33-14-9-13(53(39,40)41)4-5-15(14)54(42,43)44/h1-9,36,38H,28H2,(H,39,40,41)(H,42,43,44)(H,45,46,47)(H,48,49,50)(H,29,30,31,37). The molecule has 0 aliphatic carbocycles. The van der Waals surface area contributed by atoms with E-state index < -0.39 is 126 Å². The number of azo groups is 2. The van der Waals surface area contributed by atoms with Gasteiger partial charge in [-0.25, -0.2) is 4.72 Å². The molecule has 5 aromatic rings. The summed E-state index contributed by atoms with van der Waals surface area (Å²) in [5.41, 5.74) is 1.59. The van der Waals surface area contributed by atoms with Crippen molar-refractivity contribution >= 4 is 125 Å². The van der Waals surface area contributed by atoms with Crippen LogP contribution in [0.25, 0.3) is 10.8 Å². The van der Waals surface area contributed by atoms with Gasteiger partial charge in [0, 0.05) is 0 Å². The lowest BCUT2D eigenvalue weighted by Crippen LogP contribution is -2.23. The first-order valence-electron chi connectivity index (χ1n) is 14.1. The Balaban J connectivity index is 1.65. The minimum absolute atomic E-state index is 0.195. The maximum absolute atomic E-state index is 12.7. The highest BCUT2D eigenvalue weighted by molar-refractivity contribution is 7.94. The van der Waals surface area contributed by atoms with E-state index >= 15 is 0 Å². The van der Waals surface area contributed by atoms with Gasteiger partial charge < -0.3 is 10.8 Å². The van der Waals surface area contributed by atoms with Crippen LogP contribution in [-0.2, 0) is 50.7 Å². The SMILES string of the molecule is Nc1c(N=Nc2cc(S(=O)(=O)O)ccc2S(=O)(=O)O)c(S(=O)(=O)O)cc2cc(S(=O)(=O)O)c(N=Nc3cccc(NS(=O)(=O)Nc4nc(Cl)nc(Cl)n4)c3)c(O)c12. The zero-order valence-electron chi connectivity index (χ0n) is 27.0. The highest BCUT2D eigenvalue weighted by atomic mass is 35.5. The monoisotopic (exact) mass is 928 g/mol. The van der Waals surface area contributed by atoms with Gasteiger partial charge in [0.2, 0.25) is 16.5 Å². The number of phenols is 1. The summed E-state index contributed by atoms with van der Waals surface area (Å²) in [4.78, 5) is 6.03. The molecule has 1 aromatic heterocycles. The molecule has 302 valence electrons. The molecule has 0 aliphatic rings. The lowest BCUT2D eigenvalue weighted by molar-refractivity contribution is 0.472. The Hall–Kier alpha value is -5.28. The first-order chi connectivity index (χ1) is 26.1. The number of phenolic OH excluding ortho intramolecular Hbond substituents is 1. The van der Waals surface area contributed by atoms with Crippen molar-refractivity contribution in [3.8, 4) is 5.75 Å². The third-order valence-electron chi connectivity index (χ3n) is 6.80. The normalized spacial score (nSPS) is 13.1.